The number of carbonyl (C=O) groups excluding carboxylic acids is 1. The maximum Gasteiger partial charge on any atom is 0.253 e. The smallest absolute Gasteiger partial charge is 0.253 e. The molecule has 130 valence electrons. The van der Waals surface area contributed by atoms with Gasteiger partial charge in [-0.05, 0) is 43.0 Å². The summed E-state index contributed by atoms with van der Waals surface area (Å²) in [7, 11) is 0. The first-order valence-corrected chi connectivity index (χ1v) is 8.13. The van der Waals surface area contributed by atoms with Gasteiger partial charge in [-0.25, -0.2) is 4.98 Å². The van der Waals surface area contributed by atoms with E-state index in [1.807, 2.05) is 13.0 Å². The first kappa shape index (κ1) is 16.8. The van der Waals surface area contributed by atoms with Crippen molar-refractivity contribution in [3.63, 3.8) is 0 Å². The van der Waals surface area contributed by atoms with Gasteiger partial charge in [-0.15, -0.1) is 0 Å². The van der Waals surface area contributed by atoms with Crippen molar-refractivity contribution in [2.45, 2.75) is 33.6 Å². The van der Waals surface area contributed by atoms with Gasteiger partial charge < -0.3 is 16.6 Å². The molecule has 0 atom stereocenters. The zero-order valence-corrected chi connectivity index (χ0v) is 14.8. The highest BCUT2D eigenvalue weighted by Crippen LogP contribution is 2.36. The third-order valence-electron chi connectivity index (χ3n) is 4.61. The van der Waals surface area contributed by atoms with Crippen LogP contribution >= 0.6 is 0 Å². The monoisotopic (exact) mass is 338 g/mol. The largest absolute Gasteiger partial charge is 0.508 e. The van der Waals surface area contributed by atoms with Crippen LogP contribution in [0.5, 0.6) is 5.75 Å². The SMILES string of the molecule is Cc1ccc(O)c(C)c1-n1c(N)c(C(N)=O)c2cc(C(C)C)cnc21. The minimum atomic E-state index is -0.598. The molecular weight excluding hydrogens is 316 g/mol. The number of phenolic OH excluding ortho intramolecular Hbond substituents is 1. The summed E-state index contributed by atoms with van der Waals surface area (Å²) in [4.78, 5) is 16.6. The van der Waals surface area contributed by atoms with E-state index in [1.165, 1.54) is 0 Å². The molecule has 3 aromatic rings. The maximum absolute atomic E-state index is 12.1. The van der Waals surface area contributed by atoms with E-state index in [9.17, 15) is 9.90 Å². The zero-order chi connectivity index (χ0) is 18.5. The molecule has 0 unspecified atom stereocenters. The van der Waals surface area contributed by atoms with Crippen LogP contribution in [0.4, 0.5) is 5.82 Å². The number of aryl methyl sites for hydroxylation is 1. The number of rotatable bonds is 3. The second-order valence-electron chi connectivity index (χ2n) is 6.63. The summed E-state index contributed by atoms with van der Waals surface area (Å²) in [6, 6.07) is 5.35. The van der Waals surface area contributed by atoms with Gasteiger partial charge in [-0.2, -0.15) is 0 Å². The Kier molecular flexibility index (Phi) is 3.91. The molecule has 6 heteroatoms. The Balaban J connectivity index is 2.47. The van der Waals surface area contributed by atoms with E-state index in [0.717, 1.165) is 11.1 Å². The first-order chi connectivity index (χ1) is 11.7. The molecule has 0 aliphatic rings. The van der Waals surface area contributed by atoms with E-state index < -0.39 is 5.91 Å². The van der Waals surface area contributed by atoms with E-state index in [4.69, 9.17) is 11.5 Å². The molecule has 1 aromatic carbocycles. The molecule has 0 saturated heterocycles. The number of aromatic nitrogens is 2. The number of amides is 1. The van der Waals surface area contributed by atoms with Crippen molar-refractivity contribution in [3.05, 3.63) is 46.6 Å². The minimum Gasteiger partial charge on any atom is -0.508 e. The molecule has 2 aromatic heterocycles. The molecule has 3 rings (SSSR count). The van der Waals surface area contributed by atoms with Gasteiger partial charge in [0.1, 0.15) is 17.2 Å². The second kappa shape index (κ2) is 5.81. The third kappa shape index (κ3) is 2.50. The maximum atomic E-state index is 12.1. The molecule has 2 heterocycles. The van der Waals surface area contributed by atoms with E-state index >= 15 is 0 Å². The quantitative estimate of drug-likeness (QED) is 0.682. The molecule has 0 bridgehead atoms. The molecule has 6 nitrogen and oxygen atoms in total. The van der Waals surface area contributed by atoms with Gasteiger partial charge in [0.15, 0.2) is 0 Å². The predicted octanol–water partition coefficient (Wildman–Crippen LogP) is 3.15. The number of hydrogen-bond acceptors (Lipinski definition) is 4. The van der Waals surface area contributed by atoms with Crippen LogP contribution in [-0.2, 0) is 0 Å². The number of phenols is 1. The number of aromatic hydroxyl groups is 1. The van der Waals surface area contributed by atoms with Gasteiger partial charge in [0, 0.05) is 17.1 Å². The van der Waals surface area contributed by atoms with Crippen molar-refractivity contribution >= 4 is 22.8 Å². The molecule has 1 amide bonds. The first-order valence-electron chi connectivity index (χ1n) is 8.13. The lowest BCUT2D eigenvalue weighted by Gasteiger charge is -2.15. The highest BCUT2D eigenvalue weighted by Gasteiger charge is 2.24. The molecule has 0 aliphatic heterocycles. The Bertz CT molecular complexity index is 1000. The number of nitrogen functional groups attached to an aromatic ring is 1. The second-order valence-corrected chi connectivity index (χ2v) is 6.63. The van der Waals surface area contributed by atoms with Crippen LogP contribution < -0.4 is 11.5 Å². The molecule has 25 heavy (non-hydrogen) atoms. The number of hydrogen-bond donors (Lipinski definition) is 3. The van der Waals surface area contributed by atoms with Crippen LogP contribution in [0, 0.1) is 13.8 Å². The van der Waals surface area contributed by atoms with Gasteiger partial charge in [-0.1, -0.05) is 19.9 Å². The van der Waals surface area contributed by atoms with E-state index in [2.05, 4.69) is 18.8 Å². The lowest BCUT2D eigenvalue weighted by molar-refractivity contribution is 0.100. The Labute approximate surface area is 146 Å². The number of carbonyl (C=O) groups is 1. The molecule has 0 saturated carbocycles. The van der Waals surface area contributed by atoms with Crippen molar-refractivity contribution in [1.82, 2.24) is 9.55 Å². The van der Waals surface area contributed by atoms with Crippen LogP contribution in [-0.4, -0.2) is 20.6 Å². The predicted molar refractivity (Wildman–Crippen MR) is 99.2 cm³/mol. The number of pyridine rings is 1. The highest BCUT2D eigenvalue weighted by molar-refractivity contribution is 6.11. The van der Waals surface area contributed by atoms with E-state index in [-0.39, 0.29) is 23.0 Å². The topological polar surface area (TPSA) is 107 Å². The third-order valence-corrected chi connectivity index (χ3v) is 4.61. The molecule has 0 aliphatic carbocycles. The molecular formula is C19H22N4O2. The molecule has 0 fully saturated rings. The molecule has 0 spiro atoms. The fourth-order valence-electron chi connectivity index (χ4n) is 3.17. The Hall–Kier alpha value is -3.02. The van der Waals surface area contributed by atoms with Crippen molar-refractivity contribution in [2.24, 2.45) is 5.73 Å². The number of anilines is 1. The van der Waals surface area contributed by atoms with Gasteiger partial charge in [-0.3, -0.25) is 9.36 Å². The number of fused-ring (bicyclic) bond motifs is 1. The average molecular weight is 338 g/mol. The summed E-state index contributed by atoms with van der Waals surface area (Å²) >= 11 is 0. The van der Waals surface area contributed by atoms with Crippen molar-refractivity contribution in [1.29, 1.82) is 0 Å². The van der Waals surface area contributed by atoms with Crippen LogP contribution in [0.15, 0.2) is 24.4 Å². The fraction of sp³-hybridized carbons (Fsp3) is 0.263. The van der Waals surface area contributed by atoms with E-state index in [1.54, 1.807) is 29.8 Å². The van der Waals surface area contributed by atoms with Gasteiger partial charge in [0.25, 0.3) is 5.91 Å². The number of nitrogens with two attached hydrogens (primary N) is 2. The van der Waals surface area contributed by atoms with Crippen molar-refractivity contribution in [2.75, 3.05) is 5.73 Å². The Morgan fingerprint density at radius 2 is 1.96 bits per heavy atom. The van der Waals surface area contributed by atoms with Crippen LogP contribution in [0.2, 0.25) is 0 Å². The lowest BCUT2D eigenvalue weighted by atomic mass is 10.0. The summed E-state index contributed by atoms with van der Waals surface area (Å²) in [5.74, 6) is 0.0415. The number of primary amides is 1. The summed E-state index contributed by atoms with van der Waals surface area (Å²) in [5, 5.41) is 10.7. The Morgan fingerprint density at radius 3 is 2.56 bits per heavy atom. The molecule has 5 N–H and O–H groups in total. The lowest BCUT2D eigenvalue weighted by Crippen LogP contribution is -2.14. The van der Waals surface area contributed by atoms with Crippen molar-refractivity contribution in [3.8, 4) is 11.4 Å². The minimum absolute atomic E-state index is 0.154. The van der Waals surface area contributed by atoms with Crippen LogP contribution in [0.1, 0.15) is 46.8 Å². The highest BCUT2D eigenvalue weighted by atomic mass is 16.3. The summed E-state index contributed by atoms with van der Waals surface area (Å²) in [6.45, 7) is 7.82. The number of nitrogens with zero attached hydrogens (tertiary/aromatic N) is 2. The average Bonchev–Trinajstić information content (AvgIpc) is 2.83. The summed E-state index contributed by atoms with van der Waals surface area (Å²) in [6.07, 6.45) is 1.78. The normalized spacial score (nSPS) is 11.4. The summed E-state index contributed by atoms with van der Waals surface area (Å²) in [5.41, 5.74) is 16.0. The zero-order valence-electron chi connectivity index (χ0n) is 14.8. The van der Waals surface area contributed by atoms with E-state index in [0.29, 0.717) is 22.3 Å². The standard InChI is InChI=1S/C19H22N4O2/c1-9(2)12-7-13-15(18(21)25)17(20)23(19(13)22-8-12)16-10(3)5-6-14(24)11(16)4/h5-9,24H,20H2,1-4H3,(H2,21,25). The molecule has 0 radical (unpaired) electrons. The number of benzene rings is 1. The fourth-order valence-corrected chi connectivity index (χ4v) is 3.17. The van der Waals surface area contributed by atoms with Gasteiger partial charge in [0.2, 0.25) is 0 Å². The van der Waals surface area contributed by atoms with Crippen LogP contribution in [0.3, 0.4) is 0 Å². The van der Waals surface area contributed by atoms with Crippen molar-refractivity contribution < 1.29 is 9.90 Å². The Morgan fingerprint density at radius 1 is 1.28 bits per heavy atom. The van der Waals surface area contributed by atoms with Gasteiger partial charge >= 0.3 is 0 Å². The van der Waals surface area contributed by atoms with Crippen LogP contribution in [0.25, 0.3) is 16.7 Å². The summed E-state index contributed by atoms with van der Waals surface area (Å²) < 4.78 is 1.70. The van der Waals surface area contributed by atoms with Gasteiger partial charge in [0.05, 0.1) is 11.3 Å².